The summed E-state index contributed by atoms with van der Waals surface area (Å²) in [6.07, 6.45) is 3.17. The first-order chi connectivity index (χ1) is 17.9. The number of fused-ring (bicyclic) bond motifs is 1. The maximum Gasteiger partial charge on any atom is 0.326 e. The number of carboxylic acids is 2. The van der Waals surface area contributed by atoms with Crippen LogP contribution in [0.4, 0.5) is 0 Å². The van der Waals surface area contributed by atoms with Gasteiger partial charge in [0.15, 0.2) is 0 Å². The third-order valence-corrected chi connectivity index (χ3v) is 6.58. The van der Waals surface area contributed by atoms with Crippen LogP contribution in [-0.4, -0.2) is 81.0 Å². The summed E-state index contributed by atoms with van der Waals surface area (Å²) in [4.78, 5) is 64.3. The lowest BCUT2D eigenvalue weighted by Crippen LogP contribution is -2.58. The number of aromatic nitrogens is 1. The number of amides is 3. The lowest BCUT2D eigenvalue weighted by molar-refractivity contribution is -0.147. The highest BCUT2D eigenvalue weighted by Gasteiger charge is 2.32. The van der Waals surface area contributed by atoms with Gasteiger partial charge in [0.1, 0.15) is 18.1 Å². The largest absolute Gasteiger partial charge is 0.481 e. The summed E-state index contributed by atoms with van der Waals surface area (Å²) in [5, 5.41) is 26.5. The first-order valence-electron chi connectivity index (χ1n) is 12.1. The molecule has 0 radical (unpaired) electrons. The fraction of sp³-hybridized carbons (Fsp3) is 0.480. The Kier molecular flexibility index (Phi) is 11.6. The van der Waals surface area contributed by atoms with Gasteiger partial charge < -0.3 is 36.9 Å². The van der Waals surface area contributed by atoms with E-state index in [1.165, 1.54) is 11.8 Å². The lowest BCUT2D eigenvalue weighted by Gasteiger charge is -2.27. The summed E-state index contributed by atoms with van der Waals surface area (Å²) >= 11 is 1.41. The predicted molar refractivity (Wildman–Crippen MR) is 143 cm³/mol. The maximum atomic E-state index is 13.1. The van der Waals surface area contributed by atoms with Crippen molar-refractivity contribution in [1.82, 2.24) is 20.9 Å². The quantitative estimate of drug-likeness (QED) is 0.165. The molecule has 0 spiro atoms. The Labute approximate surface area is 224 Å². The van der Waals surface area contributed by atoms with Crippen LogP contribution in [0.25, 0.3) is 10.9 Å². The molecule has 4 atom stereocenters. The van der Waals surface area contributed by atoms with E-state index in [9.17, 15) is 29.1 Å². The summed E-state index contributed by atoms with van der Waals surface area (Å²) in [6, 6.07) is 2.85. The van der Waals surface area contributed by atoms with E-state index in [2.05, 4.69) is 20.9 Å². The summed E-state index contributed by atoms with van der Waals surface area (Å²) in [6.45, 7) is 3.44. The lowest BCUT2D eigenvalue weighted by atomic mass is 10.0. The van der Waals surface area contributed by atoms with E-state index in [-0.39, 0.29) is 18.8 Å². The zero-order valence-electron chi connectivity index (χ0n) is 21.5. The van der Waals surface area contributed by atoms with Crippen molar-refractivity contribution in [3.63, 3.8) is 0 Å². The molecule has 2 rings (SSSR count). The summed E-state index contributed by atoms with van der Waals surface area (Å²) < 4.78 is 0. The molecule has 0 aliphatic rings. The third kappa shape index (κ3) is 8.77. The van der Waals surface area contributed by atoms with Crippen molar-refractivity contribution in [1.29, 1.82) is 0 Å². The van der Waals surface area contributed by atoms with Gasteiger partial charge in [0.2, 0.25) is 17.7 Å². The molecule has 8 N–H and O–H groups in total. The minimum atomic E-state index is -1.66. The molecule has 208 valence electrons. The molecule has 0 aliphatic carbocycles. The second-order valence-corrected chi connectivity index (χ2v) is 10.2. The molecular weight excluding hydrogens is 514 g/mol. The van der Waals surface area contributed by atoms with Crippen molar-refractivity contribution in [3.8, 4) is 0 Å². The molecule has 2 aromatic rings. The van der Waals surface area contributed by atoms with Gasteiger partial charge in [-0.3, -0.25) is 19.2 Å². The van der Waals surface area contributed by atoms with Crippen molar-refractivity contribution < 1.29 is 34.2 Å². The minimum Gasteiger partial charge on any atom is -0.481 e. The molecule has 1 aromatic carbocycles. The van der Waals surface area contributed by atoms with Crippen LogP contribution in [0.3, 0.4) is 0 Å². The highest BCUT2D eigenvalue weighted by molar-refractivity contribution is 7.98. The molecule has 4 unspecified atom stereocenters. The number of benzene rings is 1. The third-order valence-electron chi connectivity index (χ3n) is 5.94. The molecule has 1 heterocycles. The molecule has 0 saturated heterocycles. The van der Waals surface area contributed by atoms with Crippen LogP contribution >= 0.6 is 11.8 Å². The summed E-state index contributed by atoms with van der Waals surface area (Å²) in [5.41, 5.74) is 7.93. The van der Waals surface area contributed by atoms with Crippen LogP contribution in [0.2, 0.25) is 0 Å². The van der Waals surface area contributed by atoms with Gasteiger partial charge in [0.25, 0.3) is 0 Å². The van der Waals surface area contributed by atoms with Gasteiger partial charge in [-0.25, -0.2) is 4.79 Å². The molecule has 0 bridgehead atoms. The van der Waals surface area contributed by atoms with Crippen LogP contribution in [-0.2, 0) is 30.4 Å². The van der Waals surface area contributed by atoms with E-state index in [0.29, 0.717) is 5.75 Å². The van der Waals surface area contributed by atoms with Gasteiger partial charge >= 0.3 is 11.9 Å². The Bertz CT molecular complexity index is 1150. The highest BCUT2D eigenvalue weighted by atomic mass is 32.2. The Morgan fingerprint density at radius 1 is 0.974 bits per heavy atom. The number of aromatic amines is 1. The SMILES string of the molecule is CSCCC(NC(=O)C(NC(=O)C(N)Cc1c[nH]c2ccccc12)C(C)C)C(=O)NC(CC(=O)O)C(=O)O. The van der Waals surface area contributed by atoms with Crippen LogP contribution < -0.4 is 21.7 Å². The van der Waals surface area contributed by atoms with E-state index >= 15 is 0 Å². The monoisotopic (exact) mass is 549 g/mol. The number of nitrogens with one attached hydrogen (secondary N) is 4. The van der Waals surface area contributed by atoms with E-state index in [0.717, 1.165) is 16.5 Å². The number of carboxylic acid groups (broad SMARTS) is 2. The fourth-order valence-corrected chi connectivity index (χ4v) is 4.31. The Morgan fingerprint density at radius 2 is 1.63 bits per heavy atom. The average molecular weight is 550 g/mol. The van der Waals surface area contributed by atoms with Crippen LogP contribution in [0.1, 0.15) is 32.3 Å². The van der Waals surface area contributed by atoms with E-state index in [4.69, 9.17) is 10.8 Å². The average Bonchev–Trinajstić information content (AvgIpc) is 3.26. The maximum absolute atomic E-state index is 13.1. The molecule has 3 amide bonds. The van der Waals surface area contributed by atoms with Gasteiger partial charge in [-0.05, 0) is 42.4 Å². The molecule has 12 nitrogen and oxygen atoms in total. The molecule has 0 saturated carbocycles. The first-order valence-corrected chi connectivity index (χ1v) is 13.5. The standard InChI is InChI=1S/C25H35N5O7S/c1-13(2)21(30-22(33)16(26)10-14-12-27-17-7-5-4-6-15(14)17)24(35)28-18(8-9-38-3)23(34)29-19(25(36)37)11-20(31)32/h4-7,12-13,16,18-19,21,27H,8-11,26H2,1-3H3,(H,28,35)(H,29,34)(H,30,33)(H,31,32)(H,36,37). The second-order valence-electron chi connectivity index (χ2n) is 9.24. The number of hydrogen-bond acceptors (Lipinski definition) is 7. The zero-order chi connectivity index (χ0) is 28.4. The van der Waals surface area contributed by atoms with Gasteiger partial charge in [-0.1, -0.05) is 32.0 Å². The van der Waals surface area contributed by atoms with Crippen molar-refractivity contribution in [2.75, 3.05) is 12.0 Å². The Morgan fingerprint density at radius 3 is 2.24 bits per heavy atom. The number of nitrogens with two attached hydrogens (primary N) is 1. The number of carbonyl (C=O) groups is 5. The second kappa shape index (κ2) is 14.4. The molecule has 0 aliphatic heterocycles. The van der Waals surface area contributed by atoms with Crippen molar-refractivity contribution in [2.24, 2.45) is 11.7 Å². The topological polar surface area (TPSA) is 204 Å². The number of para-hydroxylation sites is 1. The number of thioether (sulfide) groups is 1. The van der Waals surface area contributed by atoms with Crippen LogP contribution in [0.15, 0.2) is 30.5 Å². The number of carbonyl (C=O) groups excluding carboxylic acids is 3. The normalized spacial score (nSPS) is 14.3. The Hall–Kier alpha value is -3.58. The van der Waals surface area contributed by atoms with Gasteiger partial charge in [0, 0.05) is 17.1 Å². The fourth-order valence-electron chi connectivity index (χ4n) is 3.84. The predicted octanol–water partition coefficient (Wildman–Crippen LogP) is 0.461. The van der Waals surface area contributed by atoms with E-state index in [1.807, 2.05) is 24.3 Å². The number of rotatable bonds is 15. The summed E-state index contributed by atoms with van der Waals surface area (Å²) in [7, 11) is 0. The minimum absolute atomic E-state index is 0.164. The number of H-pyrrole nitrogens is 1. The molecule has 13 heteroatoms. The summed E-state index contributed by atoms with van der Waals surface area (Å²) in [5.74, 6) is -4.81. The van der Waals surface area contributed by atoms with Crippen LogP contribution in [0.5, 0.6) is 0 Å². The van der Waals surface area contributed by atoms with E-state index < -0.39 is 60.2 Å². The number of aliphatic carboxylic acids is 2. The van der Waals surface area contributed by atoms with Crippen molar-refractivity contribution >= 4 is 52.3 Å². The first kappa shape index (κ1) is 30.6. The van der Waals surface area contributed by atoms with Gasteiger partial charge in [-0.2, -0.15) is 11.8 Å². The van der Waals surface area contributed by atoms with Crippen molar-refractivity contribution in [2.45, 2.75) is 57.3 Å². The smallest absolute Gasteiger partial charge is 0.326 e. The van der Waals surface area contributed by atoms with Gasteiger partial charge in [0.05, 0.1) is 12.5 Å². The molecule has 38 heavy (non-hydrogen) atoms. The van der Waals surface area contributed by atoms with E-state index in [1.54, 1.807) is 26.3 Å². The molecular formula is C25H35N5O7S. The van der Waals surface area contributed by atoms with Gasteiger partial charge in [-0.15, -0.1) is 0 Å². The highest BCUT2D eigenvalue weighted by Crippen LogP contribution is 2.19. The van der Waals surface area contributed by atoms with Crippen LogP contribution in [0, 0.1) is 5.92 Å². The van der Waals surface area contributed by atoms with Crippen molar-refractivity contribution in [3.05, 3.63) is 36.0 Å². The molecule has 0 fully saturated rings. The Balaban J connectivity index is 2.09. The number of hydrogen-bond donors (Lipinski definition) is 7. The molecule has 1 aromatic heterocycles. The zero-order valence-corrected chi connectivity index (χ0v) is 22.3.